The predicted octanol–water partition coefficient (Wildman–Crippen LogP) is 3.46. The van der Waals surface area contributed by atoms with Crippen molar-refractivity contribution >= 4 is 17.2 Å². The van der Waals surface area contributed by atoms with E-state index >= 15 is 0 Å². The molecule has 0 bridgehead atoms. The summed E-state index contributed by atoms with van der Waals surface area (Å²) in [5, 5.41) is 4.02. The highest BCUT2D eigenvalue weighted by Crippen LogP contribution is 2.26. The first kappa shape index (κ1) is 14.3. The molecule has 4 heteroatoms. The third kappa shape index (κ3) is 3.50. The summed E-state index contributed by atoms with van der Waals surface area (Å²) in [7, 11) is 0. The van der Waals surface area contributed by atoms with E-state index in [9.17, 15) is 4.79 Å². The first-order chi connectivity index (χ1) is 10.2. The molecule has 0 saturated heterocycles. The lowest BCUT2D eigenvalue weighted by Crippen LogP contribution is -2.33. The molecule has 3 rings (SSSR count). The Hall–Kier alpha value is -1.68. The minimum absolute atomic E-state index is 0.193. The van der Waals surface area contributed by atoms with Crippen molar-refractivity contribution in [1.29, 1.82) is 0 Å². The molecule has 1 aliphatic rings. The lowest BCUT2D eigenvalue weighted by molar-refractivity contribution is -0.127. The number of benzene rings is 1. The zero-order valence-electron chi connectivity index (χ0n) is 12.3. The molecular weight excluding hydrogens is 280 g/mol. The van der Waals surface area contributed by atoms with Crippen LogP contribution in [0.4, 0.5) is 0 Å². The van der Waals surface area contributed by atoms with Gasteiger partial charge in [0.25, 0.3) is 0 Å². The number of carbonyl (C=O) groups is 1. The lowest BCUT2D eigenvalue weighted by atomic mass is 9.85. The second-order valence-corrected chi connectivity index (χ2v) is 6.79. The number of rotatable bonds is 5. The number of nitrogens with one attached hydrogen (secondary N) is 1. The fourth-order valence-corrected chi connectivity index (χ4v) is 3.53. The van der Waals surface area contributed by atoms with Gasteiger partial charge in [-0.1, -0.05) is 36.8 Å². The maximum Gasteiger partial charge on any atom is 0.223 e. The summed E-state index contributed by atoms with van der Waals surface area (Å²) in [4.78, 5) is 17.7. The SMILES string of the molecule is Cc1nc(CNC(=O)C2CCC2)sc1Cc1ccccc1. The topological polar surface area (TPSA) is 42.0 Å². The Labute approximate surface area is 129 Å². The number of nitrogens with zero attached hydrogens (tertiary/aromatic N) is 1. The van der Waals surface area contributed by atoms with Gasteiger partial charge in [0.05, 0.1) is 12.2 Å². The Bertz CT molecular complexity index is 617. The molecule has 0 aliphatic heterocycles. The number of hydrogen-bond acceptors (Lipinski definition) is 3. The normalized spacial score (nSPS) is 14.7. The molecule has 1 amide bonds. The maximum atomic E-state index is 11.8. The summed E-state index contributed by atoms with van der Waals surface area (Å²) >= 11 is 1.71. The summed E-state index contributed by atoms with van der Waals surface area (Å²) in [5.74, 6) is 0.438. The van der Waals surface area contributed by atoms with E-state index < -0.39 is 0 Å². The summed E-state index contributed by atoms with van der Waals surface area (Å²) in [6, 6.07) is 10.4. The van der Waals surface area contributed by atoms with Crippen LogP contribution >= 0.6 is 11.3 Å². The minimum Gasteiger partial charge on any atom is -0.349 e. The van der Waals surface area contributed by atoms with Crippen LogP contribution in [0.15, 0.2) is 30.3 Å². The quantitative estimate of drug-likeness (QED) is 0.919. The van der Waals surface area contributed by atoms with Gasteiger partial charge in [-0.15, -0.1) is 11.3 Å². The van der Waals surface area contributed by atoms with Crippen molar-refractivity contribution < 1.29 is 4.79 Å². The largest absolute Gasteiger partial charge is 0.349 e. The molecule has 0 spiro atoms. The Kier molecular flexibility index (Phi) is 4.34. The zero-order chi connectivity index (χ0) is 14.7. The predicted molar refractivity (Wildman–Crippen MR) is 85.3 cm³/mol. The van der Waals surface area contributed by atoms with Crippen LogP contribution in [0.1, 0.15) is 40.4 Å². The molecule has 0 unspecified atom stereocenters. The molecule has 1 N–H and O–H groups in total. The van der Waals surface area contributed by atoms with Crippen LogP contribution in [0.25, 0.3) is 0 Å². The minimum atomic E-state index is 0.193. The Morgan fingerprint density at radius 2 is 2.10 bits per heavy atom. The van der Waals surface area contributed by atoms with Gasteiger partial charge in [-0.3, -0.25) is 4.79 Å². The highest BCUT2D eigenvalue weighted by molar-refractivity contribution is 7.11. The summed E-state index contributed by atoms with van der Waals surface area (Å²) in [6.45, 7) is 2.61. The molecule has 1 aromatic carbocycles. The van der Waals surface area contributed by atoms with E-state index in [2.05, 4.69) is 34.6 Å². The van der Waals surface area contributed by atoms with Crippen molar-refractivity contribution in [2.45, 2.75) is 39.2 Å². The van der Waals surface area contributed by atoms with E-state index in [-0.39, 0.29) is 11.8 Å². The van der Waals surface area contributed by atoms with Crippen LogP contribution in [-0.2, 0) is 17.8 Å². The third-order valence-electron chi connectivity index (χ3n) is 4.03. The average Bonchev–Trinajstić information content (AvgIpc) is 2.76. The summed E-state index contributed by atoms with van der Waals surface area (Å²) < 4.78 is 0. The van der Waals surface area contributed by atoms with E-state index in [1.165, 1.54) is 16.9 Å². The average molecular weight is 300 g/mol. The highest BCUT2D eigenvalue weighted by Gasteiger charge is 2.25. The molecule has 3 nitrogen and oxygen atoms in total. The molecule has 21 heavy (non-hydrogen) atoms. The van der Waals surface area contributed by atoms with Crippen molar-refractivity contribution in [2.75, 3.05) is 0 Å². The van der Waals surface area contributed by atoms with Crippen molar-refractivity contribution in [3.63, 3.8) is 0 Å². The Morgan fingerprint density at radius 1 is 1.33 bits per heavy atom. The number of aryl methyl sites for hydroxylation is 1. The molecule has 1 aliphatic carbocycles. The van der Waals surface area contributed by atoms with Crippen LogP contribution < -0.4 is 5.32 Å². The van der Waals surface area contributed by atoms with Crippen LogP contribution in [-0.4, -0.2) is 10.9 Å². The zero-order valence-corrected chi connectivity index (χ0v) is 13.1. The van der Waals surface area contributed by atoms with Gasteiger partial charge < -0.3 is 5.32 Å². The van der Waals surface area contributed by atoms with Gasteiger partial charge in [-0.25, -0.2) is 4.98 Å². The number of amides is 1. The molecule has 1 aromatic heterocycles. The fourth-order valence-electron chi connectivity index (χ4n) is 2.49. The van der Waals surface area contributed by atoms with Gasteiger partial charge in [0.15, 0.2) is 0 Å². The van der Waals surface area contributed by atoms with E-state index in [0.29, 0.717) is 6.54 Å². The number of thiazole rings is 1. The van der Waals surface area contributed by atoms with E-state index in [4.69, 9.17) is 0 Å². The van der Waals surface area contributed by atoms with Gasteiger partial charge in [0, 0.05) is 17.2 Å². The second kappa shape index (κ2) is 6.39. The lowest BCUT2D eigenvalue weighted by Gasteiger charge is -2.23. The van der Waals surface area contributed by atoms with Crippen molar-refractivity contribution in [2.24, 2.45) is 5.92 Å². The molecule has 1 saturated carbocycles. The van der Waals surface area contributed by atoms with Crippen molar-refractivity contribution in [1.82, 2.24) is 10.3 Å². The molecule has 110 valence electrons. The first-order valence-electron chi connectivity index (χ1n) is 7.49. The second-order valence-electron chi connectivity index (χ2n) is 5.62. The van der Waals surface area contributed by atoms with Crippen LogP contribution in [0, 0.1) is 12.8 Å². The van der Waals surface area contributed by atoms with Crippen LogP contribution in [0.5, 0.6) is 0 Å². The molecule has 1 heterocycles. The van der Waals surface area contributed by atoms with E-state index in [1.807, 2.05) is 13.0 Å². The number of hydrogen-bond donors (Lipinski definition) is 1. The Balaban J connectivity index is 1.60. The van der Waals surface area contributed by atoms with Gasteiger partial charge in [0.1, 0.15) is 5.01 Å². The molecule has 0 atom stereocenters. The van der Waals surface area contributed by atoms with Crippen molar-refractivity contribution in [3.05, 3.63) is 51.5 Å². The highest BCUT2D eigenvalue weighted by atomic mass is 32.1. The van der Waals surface area contributed by atoms with Gasteiger partial charge >= 0.3 is 0 Å². The maximum absolute atomic E-state index is 11.8. The van der Waals surface area contributed by atoms with Gasteiger partial charge in [-0.05, 0) is 25.3 Å². The fraction of sp³-hybridized carbons (Fsp3) is 0.412. The van der Waals surface area contributed by atoms with Crippen molar-refractivity contribution in [3.8, 4) is 0 Å². The number of carbonyl (C=O) groups excluding carboxylic acids is 1. The van der Waals surface area contributed by atoms with Gasteiger partial charge in [-0.2, -0.15) is 0 Å². The molecule has 0 radical (unpaired) electrons. The first-order valence-corrected chi connectivity index (χ1v) is 8.31. The summed E-state index contributed by atoms with van der Waals surface area (Å²) in [5.41, 5.74) is 2.38. The van der Waals surface area contributed by atoms with Gasteiger partial charge in [0.2, 0.25) is 5.91 Å². The number of aromatic nitrogens is 1. The molecular formula is C17H20N2OS. The van der Waals surface area contributed by atoms with E-state index in [1.54, 1.807) is 11.3 Å². The standard InChI is InChI=1S/C17H20N2OS/c1-12-15(10-13-6-3-2-4-7-13)21-16(19-12)11-18-17(20)14-8-5-9-14/h2-4,6-7,14H,5,8-11H2,1H3,(H,18,20). The smallest absolute Gasteiger partial charge is 0.223 e. The van der Waals surface area contributed by atoms with Crippen LogP contribution in [0.2, 0.25) is 0 Å². The monoisotopic (exact) mass is 300 g/mol. The van der Waals surface area contributed by atoms with Crippen LogP contribution in [0.3, 0.4) is 0 Å². The molecule has 1 fully saturated rings. The summed E-state index contributed by atoms with van der Waals surface area (Å²) in [6.07, 6.45) is 4.19. The Morgan fingerprint density at radius 3 is 2.76 bits per heavy atom. The van der Waals surface area contributed by atoms with E-state index in [0.717, 1.165) is 30.0 Å². The molecule has 2 aromatic rings. The third-order valence-corrected chi connectivity index (χ3v) is 5.19.